The molecule has 178 valence electrons. The second-order valence-electron chi connectivity index (χ2n) is 8.21. The van der Waals surface area contributed by atoms with E-state index in [-0.39, 0.29) is 42.2 Å². The standard InChI is InChI=1S/C24H27F3N2O3S/c1-4-23(33(31,32)20-11-9-19(10-12-20)17(2)16-30)29-14-13-28(15-18(29)3)22-8-6-5-7-21(22)24(25,26)27/h4-12,16-18,23H,1,13-15H2,2-3H3. The van der Waals surface area contributed by atoms with Crippen molar-refractivity contribution in [2.24, 2.45) is 0 Å². The van der Waals surface area contributed by atoms with Gasteiger partial charge in [0, 0.05) is 37.3 Å². The first-order valence-corrected chi connectivity index (χ1v) is 12.1. The topological polar surface area (TPSA) is 57.7 Å². The molecular weight excluding hydrogens is 453 g/mol. The molecule has 1 heterocycles. The van der Waals surface area contributed by atoms with Crippen LogP contribution in [0.1, 0.15) is 30.9 Å². The van der Waals surface area contributed by atoms with Crippen LogP contribution in [-0.2, 0) is 20.8 Å². The molecule has 5 nitrogen and oxygen atoms in total. The van der Waals surface area contributed by atoms with Crippen molar-refractivity contribution in [1.29, 1.82) is 0 Å². The van der Waals surface area contributed by atoms with Crippen molar-refractivity contribution in [3.05, 3.63) is 72.3 Å². The van der Waals surface area contributed by atoms with Crippen LogP contribution in [0.25, 0.3) is 0 Å². The van der Waals surface area contributed by atoms with Crippen molar-refractivity contribution in [1.82, 2.24) is 4.90 Å². The van der Waals surface area contributed by atoms with Gasteiger partial charge in [0.2, 0.25) is 0 Å². The zero-order chi connectivity index (χ0) is 24.4. The van der Waals surface area contributed by atoms with Crippen LogP contribution in [0.5, 0.6) is 0 Å². The van der Waals surface area contributed by atoms with Gasteiger partial charge in [-0.1, -0.05) is 37.3 Å². The lowest BCUT2D eigenvalue weighted by Crippen LogP contribution is -2.57. The number of alkyl halides is 3. The van der Waals surface area contributed by atoms with E-state index in [1.165, 1.54) is 30.3 Å². The van der Waals surface area contributed by atoms with Gasteiger partial charge < -0.3 is 9.69 Å². The average molecular weight is 481 g/mol. The summed E-state index contributed by atoms with van der Waals surface area (Å²) in [6, 6.07) is 11.2. The van der Waals surface area contributed by atoms with Gasteiger partial charge in [-0.25, -0.2) is 8.42 Å². The van der Waals surface area contributed by atoms with Crippen molar-refractivity contribution in [3.63, 3.8) is 0 Å². The smallest absolute Gasteiger partial charge is 0.368 e. The molecule has 1 fully saturated rings. The lowest BCUT2D eigenvalue weighted by Gasteiger charge is -2.44. The van der Waals surface area contributed by atoms with Crippen molar-refractivity contribution >= 4 is 21.8 Å². The lowest BCUT2D eigenvalue weighted by atomic mass is 10.0. The molecule has 9 heteroatoms. The number of benzene rings is 2. The number of halogens is 3. The van der Waals surface area contributed by atoms with Crippen LogP contribution in [0.15, 0.2) is 66.1 Å². The Morgan fingerprint density at radius 3 is 2.27 bits per heavy atom. The maximum atomic E-state index is 13.5. The van der Waals surface area contributed by atoms with Crippen LogP contribution in [0.2, 0.25) is 0 Å². The molecular formula is C24H27F3N2O3S. The number of carbonyl (C=O) groups is 1. The molecule has 0 amide bonds. The SMILES string of the molecule is C=CC(N1CCN(c2ccccc2C(F)(F)F)CC1C)S(=O)(=O)c1ccc(C(C)C=O)cc1. The first-order chi connectivity index (χ1) is 15.5. The summed E-state index contributed by atoms with van der Waals surface area (Å²) in [6.07, 6.45) is -2.33. The lowest BCUT2D eigenvalue weighted by molar-refractivity contribution is -0.137. The first-order valence-electron chi connectivity index (χ1n) is 10.6. The van der Waals surface area contributed by atoms with Gasteiger partial charge >= 0.3 is 6.18 Å². The maximum Gasteiger partial charge on any atom is 0.418 e. The predicted molar refractivity (Wildman–Crippen MR) is 122 cm³/mol. The van der Waals surface area contributed by atoms with Crippen molar-refractivity contribution < 1.29 is 26.4 Å². The highest BCUT2D eigenvalue weighted by Gasteiger charge is 2.39. The molecule has 3 unspecified atom stereocenters. The van der Waals surface area contributed by atoms with E-state index in [0.717, 1.165) is 12.4 Å². The fourth-order valence-electron chi connectivity index (χ4n) is 4.18. The van der Waals surface area contributed by atoms with Crippen LogP contribution in [0, 0.1) is 0 Å². The Hall–Kier alpha value is -2.65. The van der Waals surface area contributed by atoms with Crippen LogP contribution in [-0.4, -0.2) is 50.7 Å². The Morgan fingerprint density at radius 2 is 1.73 bits per heavy atom. The third-order valence-electron chi connectivity index (χ3n) is 6.01. The fraction of sp³-hybridized carbons (Fsp3) is 0.375. The van der Waals surface area contributed by atoms with E-state index >= 15 is 0 Å². The van der Waals surface area contributed by atoms with E-state index in [9.17, 15) is 26.4 Å². The highest BCUT2D eigenvalue weighted by atomic mass is 32.2. The summed E-state index contributed by atoms with van der Waals surface area (Å²) >= 11 is 0. The number of sulfone groups is 1. The number of rotatable bonds is 7. The molecule has 0 spiro atoms. The second-order valence-corrected chi connectivity index (χ2v) is 10.3. The van der Waals surface area contributed by atoms with Crippen LogP contribution < -0.4 is 4.90 Å². The number of para-hydroxylation sites is 1. The molecule has 1 aliphatic heterocycles. The zero-order valence-corrected chi connectivity index (χ0v) is 19.3. The van der Waals surface area contributed by atoms with Gasteiger partial charge in [-0.15, -0.1) is 6.58 Å². The minimum Gasteiger partial charge on any atom is -0.368 e. The second kappa shape index (κ2) is 9.69. The van der Waals surface area contributed by atoms with Gasteiger partial charge in [-0.2, -0.15) is 13.2 Å². The Morgan fingerprint density at radius 1 is 1.09 bits per heavy atom. The van der Waals surface area contributed by atoms with E-state index in [4.69, 9.17) is 0 Å². The molecule has 0 N–H and O–H groups in total. The molecule has 1 aliphatic rings. The van der Waals surface area contributed by atoms with E-state index in [0.29, 0.717) is 5.56 Å². The Kier molecular flexibility index (Phi) is 7.33. The number of carbonyl (C=O) groups excluding carboxylic acids is 1. The molecule has 0 radical (unpaired) electrons. The Bertz CT molecular complexity index is 1100. The summed E-state index contributed by atoms with van der Waals surface area (Å²) in [4.78, 5) is 14.5. The highest BCUT2D eigenvalue weighted by Crippen LogP contribution is 2.37. The van der Waals surface area contributed by atoms with Gasteiger partial charge in [-0.3, -0.25) is 4.90 Å². The van der Waals surface area contributed by atoms with Crippen LogP contribution >= 0.6 is 0 Å². The summed E-state index contributed by atoms with van der Waals surface area (Å²) < 4.78 is 67.1. The van der Waals surface area contributed by atoms with Gasteiger partial charge in [0.25, 0.3) is 0 Å². The molecule has 3 atom stereocenters. The summed E-state index contributed by atoms with van der Waals surface area (Å²) in [7, 11) is -3.83. The zero-order valence-electron chi connectivity index (χ0n) is 18.5. The molecule has 3 rings (SSSR count). The molecule has 0 aliphatic carbocycles. The van der Waals surface area contributed by atoms with E-state index < -0.39 is 27.0 Å². The third kappa shape index (κ3) is 5.14. The largest absolute Gasteiger partial charge is 0.418 e. The average Bonchev–Trinajstić information content (AvgIpc) is 2.79. The quantitative estimate of drug-likeness (QED) is 0.431. The van der Waals surface area contributed by atoms with E-state index in [1.54, 1.807) is 41.8 Å². The molecule has 0 bridgehead atoms. The minimum atomic E-state index is -4.47. The summed E-state index contributed by atoms with van der Waals surface area (Å²) in [5.41, 5.74) is 0.0991. The van der Waals surface area contributed by atoms with Crippen molar-refractivity contribution in [2.75, 3.05) is 24.5 Å². The fourth-order valence-corrected chi connectivity index (χ4v) is 5.89. The monoisotopic (exact) mass is 480 g/mol. The third-order valence-corrected chi connectivity index (χ3v) is 8.04. The molecule has 2 aromatic carbocycles. The van der Waals surface area contributed by atoms with Gasteiger partial charge in [0.1, 0.15) is 11.7 Å². The van der Waals surface area contributed by atoms with Crippen molar-refractivity contribution in [2.45, 2.75) is 42.3 Å². The van der Waals surface area contributed by atoms with E-state index in [2.05, 4.69) is 6.58 Å². The van der Waals surface area contributed by atoms with E-state index in [1.807, 2.05) is 0 Å². The number of aldehydes is 1. The number of piperazine rings is 1. The van der Waals surface area contributed by atoms with Crippen molar-refractivity contribution in [3.8, 4) is 0 Å². The van der Waals surface area contributed by atoms with Gasteiger partial charge in [-0.05, 0) is 36.8 Å². The van der Waals surface area contributed by atoms with Gasteiger partial charge in [0.15, 0.2) is 9.84 Å². The number of hydrogen-bond acceptors (Lipinski definition) is 5. The molecule has 2 aromatic rings. The van der Waals surface area contributed by atoms with Crippen LogP contribution in [0.4, 0.5) is 18.9 Å². The maximum absolute atomic E-state index is 13.5. The Labute approximate surface area is 192 Å². The number of hydrogen-bond donors (Lipinski definition) is 0. The normalized spacial score (nSPS) is 19.7. The molecule has 0 saturated carbocycles. The number of anilines is 1. The highest BCUT2D eigenvalue weighted by molar-refractivity contribution is 7.92. The number of nitrogens with zero attached hydrogens (tertiary/aromatic N) is 2. The summed E-state index contributed by atoms with van der Waals surface area (Å²) in [6.45, 7) is 7.97. The first kappa shape index (κ1) is 25.0. The minimum absolute atomic E-state index is 0.0920. The molecule has 1 saturated heterocycles. The molecule has 0 aromatic heterocycles. The Balaban J connectivity index is 1.83. The molecule has 33 heavy (non-hydrogen) atoms. The summed E-state index contributed by atoms with van der Waals surface area (Å²) in [5.74, 6) is -0.343. The van der Waals surface area contributed by atoms with Crippen LogP contribution in [0.3, 0.4) is 0 Å². The van der Waals surface area contributed by atoms with Gasteiger partial charge in [0.05, 0.1) is 10.5 Å². The summed E-state index contributed by atoms with van der Waals surface area (Å²) in [5, 5.41) is -1.03. The predicted octanol–water partition coefficient (Wildman–Crippen LogP) is 4.50.